The normalized spacial score (nSPS) is 13.3. The Morgan fingerprint density at radius 2 is 2.15 bits per heavy atom. The number of nitrogens with zero attached hydrogens (tertiary/aromatic N) is 1. The fraction of sp³-hybridized carbons (Fsp3) is 0.312. The highest BCUT2D eigenvalue weighted by Gasteiger charge is 2.20. The van der Waals surface area contributed by atoms with Gasteiger partial charge in [-0.1, -0.05) is 29.8 Å². The number of carbonyl (C=O) groups is 1. The van der Waals surface area contributed by atoms with Crippen LogP contribution in [-0.4, -0.2) is 17.9 Å². The number of hydrogen-bond donors (Lipinski definition) is 0. The Morgan fingerprint density at radius 3 is 2.90 bits per heavy atom. The van der Waals surface area contributed by atoms with E-state index in [1.807, 2.05) is 31.3 Å². The van der Waals surface area contributed by atoms with Crippen molar-refractivity contribution in [1.29, 1.82) is 0 Å². The molecule has 0 fully saturated rings. The molecule has 1 aliphatic rings. The molecule has 1 amide bonds. The van der Waals surface area contributed by atoms with E-state index in [9.17, 15) is 4.79 Å². The van der Waals surface area contributed by atoms with Crippen molar-refractivity contribution >= 4 is 28.8 Å². The van der Waals surface area contributed by atoms with Gasteiger partial charge in [-0.2, -0.15) is 0 Å². The molecule has 0 aliphatic heterocycles. The summed E-state index contributed by atoms with van der Waals surface area (Å²) in [5.41, 5.74) is 2.35. The van der Waals surface area contributed by atoms with Gasteiger partial charge in [0.15, 0.2) is 0 Å². The van der Waals surface area contributed by atoms with Crippen molar-refractivity contribution in [2.45, 2.75) is 25.8 Å². The highest BCUT2D eigenvalue weighted by Crippen LogP contribution is 2.31. The smallest absolute Gasteiger partial charge is 0.263 e. The average Bonchev–Trinajstić information content (AvgIpc) is 3.01. The summed E-state index contributed by atoms with van der Waals surface area (Å²) in [6.45, 7) is 0.543. The number of benzene rings is 1. The highest BCUT2D eigenvalue weighted by atomic mass is 35.5. The Hall–Kier alpha value is -1.32. The van der Waals surface area contributed by atoms with E-state index >= 15 is 0 Å². The number of hydrogen-bond acceptors (Lipinski definition) is 2. The molecule has 1 aliphatic carbocycles. The van der Waals surface area contributed by atoms with Crippen molar-refractivity contribution in [2.75, 3.05) is 7.05 Å². The van der Waals surface area contributed by atoms with E-state index in [-0.39, 0.29) is 5.91 Å². The predicted octanol–water partition coefficient (Wildman–Crippen LogP) is 4.16. The van der Waals surface area contributed by atoms with Gasteiger partial charge in [0, 0.05) is 23.5 Å². The van der Waals surface area contributed by atoms with Gasteiger partial charge in [0.1, 0.15) is 0 Å². The number of amides is 1. The van der Waals surface area contributed by atoms with Crippen LogP contribution in [0.3, 0.4) is 0 Å². The standard InChI is InChI=1S/C16H16ClNOS/c1-18(10-12-5-2-3-7-13(12)17)16(19)15-9-11-6-4-8-14(11)20-15/h2-3,5,7,9H,4,6,8,10H2,1H3. The van der Waals surface area contributed by atoms with Gasteiger partial charge in [-0.3, -0.25) is 4.79 Å². The molecule has 2 aromatic rings. The number of carbonyl (C=O) groups excluding carboxylic acids is 1. The molecule has 1 aromatic carbocycles. The van der Waals surface area contributed by atoms with Gasteiger partial charge in [0.05, 0.1) is 4.88 Å². The zero-order chi connectivity index (χ0) is 14.1. The third-order valence-corrected chi connectivity index (χ3v) is 5.26. The summed E-state index contributed by atoms with van der Waals surface area (Å²) < 4.78 is 0. The molecule has 4 heteroatoms. The summed E-state index contributed by atoms with van der Waals surface area (Å²) in [6.07, 6.45) is 3.47. The Balaban J connectivity index is 1.75. The maximum atomic E-state index is 12.5. The Labute approximate surface area is 128 Å². The maximum absolute atomic E-state index is 12.5. The van der Waals surface area contributed by atoms with Crippen molar-refractivity contribution in [2.24, 2.45) is 0 Å². The van der Waals surface area contributed by atoms with E-state index in [1.54, 1.807) is 16.2 Å². The third kappa shape index (κ3) is 2.60. The van der Waals surface area contributed by atoms with Crippen molar-refractivity contribution in [3.63, 3.8) is 0 Å². The molecule has 0 unspecified atom stereocenters. The second-order valence-corrected chi connectivity index (χ2v) is 6.71. The summed E-state index contributed by atoms with van der Waals surface area (Å²) in [5, 5.41) is 0.709. The first-order valence-electron chi connectivity index (χ1n) is 6.75. The largest absolute Gasteiger partial charge is 0.337 e. The minimum atomic E-state index is 0.0873. The molecule has 0 spiro atoms. The summed E-state index contributed by atoms with van der Waals surface area (Å²) in [6, 6.07) is 9.73. The van der Waals surface area contributed by atoms with Crippen LogP contribution in [-0.2, 0) is 19.4 Å². The zero-order valence-corrected chi connectivity index (χ0v) is 12.9. The second-order valence-electron chi connectivity index (χ2n) is 5.17. The van der Waals surface area contributed by atoms with Crippen LogP contribution in [0, 0.1) is 0 Å². The summed E-state index contributed by atoms with van der Waals surface area (Å²) in [4.78, 5) is 16.4. The van der Waals surface area contributed by atoms with E-state index in [0.29, 0.717) is 11.6 Å². The van der Waals surface area contributed by atoms with Crippen LogP contribution in [0.2, 0.25) is 5.02 Å². The van der Waals surface area contributed by atoms with Crippen LogP contribution < -0.4 is 0 Å². The number of halogens is 1. The molecular formula is C16H16ClNOS. The zero-order valence-electron chi connectivity index (χ0n) is 11.4. The van der Waals surface area contributed by atoms with Crippen LogP contribution in [0.1, 0.15) is 32.1 Å². The van der Waals surface area contributed by atoms with Gasteiger partial charge in [-0.15, -0.1) is 11.3 Å². The number of fused-ring (bicyclic) bond motifs is 1. The van der Waals surface area contributed by atoms with Crippen molar-refractivity contribution in [3.05, 3.63) is 56.2 Å². The first-order valence-corrected chi connectivity index (χ1v) is 7.95. The fourth-order valence-electron chi connectivity index (χ4n) is 2.58. The number of thiophene rings is 1. The molecule has 0 saturated carbocycles. The van der Waals surface area contributed by atoms with Gasteiger partial charge in [-0.05, 0) is 42.5 Å². The number of aryl methyl sites for hydroxylation is 2. The molecule has 0 atom stereocenters. The van der Waals surface area contributed by atoms with E-state index in [2.05, 4.69) is 6.07 Å². The molecule has 1 heterocycles. The average molecular weight is 306 g/mol. The van der Waals surface area contributed by atoms with Gasteiger partial charge in [0.25, 0.3) is 5.91 Å². The SMILES string of the molecule is CN(Cc1ccccc1Cl)C(=O)c1cc2c(s1)CCC2. The minimum absolute atomic E-state index is 0.0873. The van der Waals surface area contributed by atoms with Crippen LogP contribution >= 0.6 is 22.9 Å². The summed E-state index contributed by atoms with van der Waals surface area (Å²) in [7, 11) is 1.83. The molecule has 20 heavy (non-hydrogen) atoms. The Morgan fingerprint density at radius 1 is 1.35 bits per heavy atom. The monoisotopic (exact) mass is 305 g/mol. The lowest BCUT2D eigenvalue weighted by Gasteiger charge is -2.17. The summed E-state index contributed by atoms with van der Waals surface area (Å²) >= 11 is 7.79. The molecule has 2 nitrogen and oxygen atoms in total. The molecule has 0 N–H and O–H groups in total. The molecule has 104 valence electrons. The van der Waals surface area contributed by atoms with Crippen molar-refractivity contribution in [1.82, 2.24) is 4.90 Å². The van der Waals surface area contributed by atoms with Gasteiger partial charge >= 0.3 is 0 Å². The van der Waals surface area contributed by atoms with Crippen LogP contribution in [0.25, 0.3) is 0 Å². The van der Waals surface area contributed by atoms with E-state index in [1.165, 1.54) is 16.9 Å². The molecule has 0 bridgehead atoms. The first-order chi connectivity index (χ1) is 9.65. The third-order valence-electron chi connectivity index (χ3n) is 3.67. The first kappa shape index (κ1) is 13.7. The molecular weight excluding hydrogens is 290 g/mol. The van der Waals surface area contributed by atoms with Crippen LogP contribution in [0.5, 0.6) is 0 Å². The van der Waals surface area contributed by atoms with Crippen LogP contribution in [0.4, 0.5) is 0 Å². The minimum Gasteiger partial charge on any atom is -0.337 e. The molecule has 0 radical (unpaired) electrons. The van der Waals surface area contributed by atoms with Gasteiger partial charge in [-0.25, -0.2) is 0 Å². The van der Waals surface area contributed by atoms with Gasteiger partial charge in [0.2, 0.25) is 0 Å². The van der Waals surface area contributed by atoms with Crippen LogP contribution in [0.15, 0.2) is 30.3 Å². The Bertz CT molecular complexity index is 628. The lowest BCUT2D eigenvalue weighted by molar-refractivity contribution is 0.0790. The molecule has 3 rings (SSSR count). The summed E-state index contributed by atoms with van der Waals surface area (Å²) in [5.74, 6) is 0.0873. The topological polar surface area (TPSA) is 20.3 Å². The Kier molecular flexibility index (Phi) is 3.81. The van der Waals surface area contributed by atoms with Crippen molar-refractivity contribution in [3.8, 4) is 0 Å². The highest BCUT2D eigenvalue weighted by molar-refractivity contribution is 7.14. The fourth-order valence-corrected chi connectivity index (χ4v) is 4.02. The van der Waals surface area contributed by atoms with Crippen molar-refractivity contribution < 1.29 is 4.79 Å². The maximum Gasteiger partial charge on any atom is 0.263 e. The quantitative estimate of drug-likeness (QED) is 0.833. The lowest BCUT2D eigenvalue weighted by atomic mass is 10.2. The van der Waals surface area contributed by atoms with Gasteiger partial charge < -0.3 is 4.90 Å². The molecule has 0 saturated heterocycles. The van der Waals surface area contributed by atoms with E-state index in [4.69, 9.17) is 11.6 Å². The second kappa shape index (κ2) is 5.58. The molecule has 1 aromatic heterocycles. The number of rotatable bonds is 3. The lowest BCUT2D eigenvalue weighted by Crippen LogP contribution is -2.25. The van der Waals surface area contributed by atoms with E-state index in [0.717, 1.165) is 23.3 Å². The van der Waals surface area contributed by atoms with E-state index < -0.39 is 0 Å². The predicted molar refractivity (Wildman–Crippen MR) is 83.6 cm³/mol.